The van der Waals surface area contributed by atoms with Crippen molar-refractivity contribution in [1.29, 1.82) is 0 Å². The van der Waals surface area contributed by atoms with Gasteiger partial charge in [0.05, 0.1) is 49.7 Å². The van der Waals surface area contributed by atoms with Gasteiger partial charge in [0.1, 0.15) is 0 Å². The zero-order valence-corrected chi connectivity index (χ0v) is 17.0. The zero-order chi connectivity index (χ0) is 20.7. The summed E-state index contributed by atoms with van der Waals surface area (Å²) in [6, 6.07) is 7.05. The van der Waals surface area contributed by atoms with Gasteiger partial charge in [-0.2, -0.15) is 0 Å². The highest BCUT2D eigenvalue weighted by Gasteiger charge is 2.39. The summed E-state index contributed by atoms with van der Waals surface area (Å²) in [4.78, 5) is 25.5. The third-order valence-corrected chi connectivity index (χ3v) is 4.61. The molecule has 0 saturated heterocycles. The molecule has 3 N–H and O–H groups in total. The molecule has 7 nitrogen and oxygen atoms in total. The first-order valence-corrected chi connectivity index (χ1v) is 9.32. The van der Waals surface area contributed by atoms with Crippen molar-refractivity contribution in [1.82, 2.24) is 5.32 Å². The SMILES string of the molecule is CCOC(=O)C1=C(CO[13CH2][13CH2]N)NC(C)=C(C(=O)OC)C1c1ccccc1Cl. The number of carbonyl (C=O) groups excluding carboxylic acids is 2. The number of ether oxygens (including phenoxy) is 3. The molecule has 0 bridgehead atoms. The molecule has 1 aliphatic heterocycles. The first-order valence-electron chi connectivity index (χ1n) is 8.94. The van der Waals surface area contributed by atoms with Crippen LogP contribution in [-0.4, -0.2) is 45.4 Å². The Morgan fingerprint density at radius 1 is 1.21 bits per heavy atom. The van der Waals surface area contributed by atoms with Crippen LogP contribution >= 0.6 is 11.6 Å². The van der Waals surface area contributed by atoms with Crippen LogP contribution in [0.3, 0.4) is 0 Å². The van der Waals surface area contributed by atoms with Crippen molar-refractivity contribution >= 4 is 23.5 Å². The van der Waals surface area contributed by atoms with Gasteiger partial charge in [-0.3, -0.25) is 0 Å². The number of benzene rings is 1. The first-order chi connectivity index (χ1) is 13.5. The number of nitrogens with two attached hydrogens (primary N) is 1. The minimum absolute atomic E-state index is 0.109. The van der Waals surface area contributed by atoms with Crippen LogP contribution in [0, 0.1) is 0 Å². The van der Waals surface area contributed by atoms with Gasteiger partial charge in [0.25, 0.3) is 0 Å². The Kier molecular flexibility index (Phi) is 8.04. The number of allylic oxidation sites excluding steroid dienone is 1. The molecule has 0 saturated carbocycles. The predicted octanol–water partition coefficient (Wildman–Crippen LogP) is 2.27. The molecule has 0 fully saturated rings. The summed E-state index contributed by atoms with van der Waals surface area (Å²) in [5.41, 5.74) is 7.70. The summed E-state index contributed by atoms with van der Waals surface area (Å²) in [6.45, 7) is 4.42. The topological polar surface area (TPSA) is 99.9 Å². The summed E-state index contributed by atoms with van der Waals surface area (Å²) in [5.74, 6) is -1.86. The van der Waals surface area contributed by atoms with Crippen LogP contribution in [0.15, 0.2) is 46.8 Å². The van der Waals surface area contributed by atoms with Crippen molar-refractivity contribution in [3.05, 3.63) is 57.4 Å². The number of nitrogens with one attached hydrogen (secondary N) is 1. The Morgan fingerprint density at radius 3 is 2.54 bits per heavy atom. The normalized spacial score (nSPS) is 16.7. The van der Waals surface area contributed by atoms with E-state index in [9.17, 15) is 9.59 Å². The summed E-state index contributed by atoms with van der Waals surface area (Å²) >= 11 is 6.42. The highest BCUT2D eigenvalue weighted by Crippen LogP contribution is 2.41. The van der Waals surface area contributed by atoms with Crippen LogP contribution in [0.2, 0.25) is 5.02 Å². The second kappa shape index (κ2) is 10.3. The molecule has 1 atom stereocenters. The lowest BCUT2D eigenvalue weighted by molar-refractivity contribution is -0.139. The molecule has 28 heavy (non-hydrogen) atoms. The lowest BCUT2D eigenvalue weighted by atomic mass is 9.80. The van der Waals surface area contributed by atoms with E-state index in [1.807, 2.05) is 0 Å². The van der Waals surface area contributed by atoms with Crippen molar-refractivity contribution < 1.29 is 23.8 Å². The fourth-order valence-corrected chi connectivity index (χ4v) is 3.36. The van der Waals surface area contributed by atoms with E-state index in [0.29, 0.717) is 40.7 Å². The van der Waals surface area contributed by atoms with Crippen LogP contribution in [0.5, 0.6) is 0 Å². The van der Waals surface area contributed by atoms with Crippen molar-refractivity contribution in [3.8, 4) is 0 Å². The number of rotatable bonds is 8. The predicted molar refractivity (Wildman–Crippen MR) is 106 cm³/mol. The third kappa shape index (κ3) is 4.73. The monoisotopic (exact) mass is 410 g/mol. The van der Waals surface area contributed by atoms with Crippen molar-refractivity contribution in [2.24, 2.45) is 5.73 Å². The molecule has 1 aromatic rings. The maximum Gasteiger partial charge on any atom is 0.336 e. The lowest BCUT2D eigenvalue weighted by Crippen LogP contribution is -2.35. The number of methoxy groups -OCH3 is 1. The molecule has 0 aromatic heterocycles. The van der Waals surface area contributed by atoms with E-state index in [2.05, 4.69) is 5.32 Å². The van der Waals surface area contributed by atoms with Crippen LogP contribution < -0.4 is 11.1 Å². The van der Waals surface area contributed by atoms with Crippen LogP contribution in [0.4, 0.5) is 0 Å². The van der Waals surface area contributed by atoms with Gasteiger partial charge in [0.2, 0.25) is 0 Å². The number of esters is 2. The molecule has 0 radical (unpaired) electrons. The Labute approximate surface area is 169 Å². The Bertz CT molecular complexity index is 804. The van der Waals surface area contributed by atoms with Crippen molar-refractivity contribution in [2.45, 2.75) is 19.8 Å². The first kappa shape index (κ1) is 21.9. The molecular weight excluding hydrogens is 386 g/mol. The largest absolute Gasteiger partial charge is 0.466 e. The van der Waals surface area contributed by atoms with Gasteiger partial charge in [0, 0.05) is 17.3 Å². The van der Waals surface area contributed by atoms with Gasteiger partial charge in [0.15, 0.2) is 0 Å². The highest BCUT2D eigenvalue weighted by molar-refractivity contribution is 6.31. The van der Waals surface area contributed by atoms with Gasteiger partial charge in [-0.1, -0.05) is 29.8 Å². The van der Waals surface area contributed by atoms with Crippen LogP contribution in [0.25, 0.3) is 0 Å². The average Bonchev–Trinajstić information content (AvgIpc) is 2.67. The Hall–Kier alpha value is -2.35. The minimum atomic E-state index is -0.752. The quantitative estimate of drug-likeness (QED) is 0.385. The summed E-state index contributed by atoms with van der Waals surface area (Å²) in [5, 5.41) is 3.52. The summed E-state index contributed by atoms with van der Waals surface area (Å²) in [7, 11) is 1.29. The molecule has 0 amide bonds. The number of carbonyl (C=O) groups is 2. The van der Waals surface area contributed by atoms with Crippen LogP contribution in [0.1, 0.15) is 25.3 Å². The fourth-order valence-electron chi connectivity index (χ4n) is 3.12. The maximum atomic E-state index is 12.9. The van der Waals surface area contributed by atoms with Gasteiger partial charge >= 0.3 is 11.9 Å². The Morgan fingerprint density at radius 2 is 1.93 bits per heavy atom. The molecule has 0 aliphatic carbocycles. The second-order valence-corrected chi connectivity index (χ2v) is 6.47. The number of dihydropyridines is 1. The van der Waals surface area contributed by atoms with E-state index < -0.39 is 17.9 Å². The summed E-state index contributed by atoms with van der Waals surface area (Å²) in [6.07, 6.45) is 0. The molecule has 1 aromatic carbocycles. The van der Waals surface area contributed by atoms with E-state index in [1.165, 1.54) is 7.11 Å². The Balaban J connectivity index is 2.67. The van der Waals surface area contributed by atoms with Gasteiger partial charge in [-0.25, -0.2) is 9.59 Å². The van der Waals surface area contributed by atoms with Gasteiger partial charge in [-0.15, -0.1) is 0 Å². The smallest absolute Gasteiger partial charge is 0.336 e. The van der Waals surface area contributed by atoms with Gasteiger partial charge < -0.3 is 25.3 Å². The van der Waals surface area contributed by atoms with E-state index >= 15 is 0 Å². The standard InChI is InChI=1S/C20H25ClN2O5/c1-4-28-20(25)18-15(11-27-10-9-22)23-12(2)16(19(24)26-3)17(18)13-7-5-6-8-14(13)21/h5-8,17,23H,4,9-11,22H2,1-3H3/i9+1,10+1. The van der Waals surface area contributed by atoms with E-state index in [1.54, 1.807) is 38.1 Å². The maximum absolute atomic E-state index is 12.9. The second-order valence-electron chi connectivity index (χ2n) is 6.06. The van der Waals surface area contributed by atoms with Gasteiger partial charge in [-0.05, 0) is 25.5 Å². The van der Waals surface area contributed by atoms with E-state index in [-0.39, 0.29) is 18.8 Å². The average molecular weight is 411 g/mol. The number of halogens is 1. The molecule has 1 unspecified atom stereocenters. The molecule has 2 rings (SSSR count). The highest BCUT2D eigenvalue weighted by atomic mass is 35.5. The lowest BCUT2D eigenvalue weighted by Gasteiger charge is -2.31. The number of hydrogen-bond donors (Lipinski definition) is 2. The molecule has 1 heterocycles. The van der Waals surface area contributed by atoms with Crippen molar-refractivity contribution in [2.75, 3.05) is 33.5 Å². The fraction of sp³-hybridized carbons (Fsp3) is 0.400. The minimum Gasteiger partial charge on any atom is -0.466 e. The van der Waals surface area contributed by atoms with E-state index in [4.69, 9.17) is 31.5 Å². The number of hydrogen-bond acceptors (Lipinski definition) is 7. The molecule has 152 valence electrons. The van der Waals surface area contributed by atoms with Crippen LogP contribution in [-0.2, 0) is 23.8 Å². The zero-order valence-electron chi connectivity index (χ0n) is 16.2. The van der Waals surface area contributed by atoms with E-state index in [0.717, 1.165) is 0 Å². The van der Waals surface area contributed by atoms with Crippen molar-refractivity contribution in [3.63, 3.8) is 0 Å². The molecule has 0 spiro atoms. The molecule has 8 heteroatoms. The summed E-state index contributed by atoms with van der Waals surface area (Å²) < 4.78 is 15.8. The molecule has 1 aliphatic rings. The molecular formula is C20H25ClN2O5. The third-order valence-electron chi connectivity index (χ3n) is 4.27.